The van der Waals surface area contributed by atoms with E-state index in [2.05, 4.69) is 25.0 Å². The number of amides is 1. The summed E-state index contributed by atoms with van der Waals surface area (Å²) >= 11 is 0. The third-order valence-corrected chi connectivity index (χ3v) is 4.23. The average molecular weight is 388 g/mol. The van der Waals surface area contributed by atoms with Gasteiger partial charge < -0.3 is 19.7 Å². The van der Waals surface area contributed by atoms with Crippen LogP contribution in [0, 0.1) is 0 Å². The maximum atomic E-state index is 12.6. The Morgan fingerprint density at radius 3 is 2.93 bits per heavy atom. The van der Waals surface area contributed by atoms with Gasteiger partial charge in [-0.2, -0.15) is 13.8 Å². The smallest absolute Gasteiger partial charge is 0.315 e. The summed E-state index contributed by atoms with van der Waals surface area (Å²) in [6.07, 6.45) is -1.39. The van der Waals surface area contributed by atoms with Gasteiger partial charge in [-0.25, -0.2) is 0 Å². The number of carbonyl (C=O) groups excluding carboxylic acids is 1. The minimum absolute atomic E-state index is 0.0270. The van der Waals surface area contributed by atoms with Gasteiger partial charge in [0.15, 0.2) is 0 Å². The quantitative estimate of drug-likeness (QED) is 0.691. The maximum absolute atomic E-state index is 12.6. The number of aliphatic hydroxyl groups is 1. The fourth-order valence-electron chi connectivity index (χ4n) is 2.84. The summed E-state index contributed by atoms with van der Waals surface area (Å²) in [4.78, 5) is 20.1. The van der Waals surface area contributed by atoms with E-state index in [-0.39, 0.29) is 24.7 Å². The zero-order chi connectivity index (χ0) is 19.7. The lowest BCUT2D eigenvalue weighted by atomic mass is 10.1. The van der Waals surface area contributed by atoms with E-state index in [0.717, 1.165) is 5.56 Å². The standard InChI is InChI=1S/C18H14F2N4O4/c19-15(20)18-23-16(24-28-18)10-1-2-11-13(8-27-14(11)6-10)22-17(26)12-5-9(7-25)3-4-21-12/h1-6,13,15,25H,7-8H2,(H,22,26)/t13-/m1/s1. The van der Waals surface area contributed by atoms with Crippen LogP contribution >= 0.6 is 0 Å². The summed E-state index contributed by atoms with van der Waals surface area (Å²) in [6.45, 7) is 0.0169. The van der Waals surface area contributed by atoms with E-state index >= 15 is 0 Å². The zero-order valence-corrected chi connectivity index (χ0v) is 14.3. The zero-order valence-electron chi connectivity index (χ0n) is 14.3. The molecular weight excluding hydrogens is 374 g/mol. The van der Waals surface area contributed by atoms with Gasteiger partial charge in [0.25, 0.3) is 11.8 Å². The van der Waals surface area contributed by atoms with Crippen molar-refractivity contribution in [3.8, 4) is 17.1 Å². The highest BCUT2D eigenvalue weighted by molar-refractivity contribution is 5.92. The lowest BCUT2D eigenvalue weighted by Crippen LogP contribution is -2.30. The van der Waals surface area contributed by atoms with Crippen molar-refractivity contribution in [2.75, 3.05) is 6.61 Å². The number of carbonyl (C=O) groups is 1. The summed E-state index contributed by atoms with van der Waals surface area (Å²) in [5.74, 6) is -0.637. The molecule has 3 heterocycles. The number of halogens is 2. The first-order valence-electron chi connectivity index (χ1n) is 8.30. The Kier molecular flexibility index (Phi) is 4.70. The molecule has 10 heteroatoms. The number of hydrogen-bond acceptors (Lipinski definition) is 7. The van der Waals surface area contributed by atoms with E-state index in [0.29, 0.717) is 16.9 Å². The number of hydrogen-bond donors (Lipinski definition) is 2. The van der Waals surface area contributed by atoms with Crippen LogP contribution < -0.4 is 10.1 Å². The van der Waals surface area contributed by atoms with Crippen molar-refractivity contribution in [2.24, 2.45) is 0 Å². The molecule has 2 aromatic heterocycles. The molecular formula is C18H14F2N4O4. The molecule has 2 N–H and O–H groups in total. The largest absolute Gasteiger partial charge is 0.491 e. The number of aromatic nitrogens is 3. The molecule has 144 valence electrons. The minimum atomic E-state index is -2.84. The van der Waals surface area contributed by atoms with Crippen molar-refractivity contribution in [1.82, 2.24) is 20.4 Å². The molecule has 0 aliphatic carbocycles. The van der Waals surface area contributed by atoms with E-state index in [9.17, 15) is 18.7 Å². The highest BCUT2D eigenvalue weighted by Gasteiger charge is 2.27. The lowest BCUT2D eigenvalue weighted by Gasteiger charge is -2.11. The number of ether oxygens (including phenoxy) is 1. The van der Waals surface area contributed by atoms with Crippen molar-refractivity contribution in [3.63, 3.8) is 0 Å². The first-order valence-corrected chi connectivity index (χ1v) is 8.30. The second kappa shape index (κ2) is 7.31. The third kappa shape index (κ3) is 3.41. The Labute approximate surface area is 157 Å². The summed E-state index contributed by atoms with van der Waals surface area (Å²) in [5, 5.41) is 15.5. The Morgan fingerprint density at radius 1 is 1.32 bits per heavy atom. The predicted molar refractivity (Wildman–Crippen MR) is 90.6 cm³/mol. The summed E-state index contributed by atoms with van der Waals surface area (Å²) in [5.41, 5.74) is 1.95. The highest BCUT2D eigenvalue weighted by atomic mass is 19.3. The van der Waals surface area contributed by atoms with Gasteiger partial charge in [-0.15, -0.1) is 0 Å². The number of nitrogens with one attached hydrogen (secondary N) is 1. The van der Waals surface area contributed by atoms with Crippen molar-refractivity contribution in [3.05, 3.63) is 59.2 Å². The Balaban J connectivity index is 1.52. The van der Waals surface area contributed by atoms with Crippen molar-refractivity contribution in [2.45, 2.75) is 19.1 Å². The molecule has 0 saturated heterocycles. The predicted octanol–water partition coefficient (Wildman–Crippen LogP) is 2.42. The average Bonchev–Trinajstić information content (AvgIpc) is 3.35. The van der Waals surface area contributed by atoms with Crippen molar-refractivity contribution in [1.29, 1.82) is 0 Å². The Morgan fingerprint density at radius 2 is 2.18 bits per heavy atom. The van der Waals surface area contributed by atoms with Gasteiger partial charge in [-0.05, 0) is 23.8 Å². The van der Waals surface area contributed by atoms with Crippen LogP contribution in [0.3, 0.4) is 0 Å². The molecule has 1 amide bonds. The van der Waals surface area contributed by atoms with Gasteiger partial charge in [-0.3, -0.25) is 9.78 Å². The molecule has 1 aliphatic heterocycles. The van der Waals surface area contributed by atoms with Crippen LogP contribution in [0.2, 0.25) is 0 Å². The normalized spacial score (nSPS) is 15.4. The third-order valence-electron chi connectivity index (χ3n) is 4.23. The number of aliphatic hydroxyl groups excluding tert-OH is 1. The fraction of sp³-hybridized carbons (Fsp3) is 0.222. The van der Waals surface area contributed by atoms with E-state index in [1.807, 2.05) is 0 Å². The lowest BCUT2D eigenvalue weighted by molar-refractivity contribution is 0.0925. The molecule has 0 bridgehead atoms. The van der Waals surface area contributed by atoms with Crippen LogP contribution in [0.5, 0.6) is 5.75 Å². The molecule has 4 rings (SSSR count). The second-order valence-corrected chi connectivity index (χ2v) is 6.05. The molecule has 0 saturated carbocycles. The number of alkyl halides is 2. The molecule has 0 fully saturated rings. The minimum Gasteiger partial charge on any atom is -0.491 e. The molecule has 1 aromatic carbocycles. The molecule has 0 unspecified atom stereocenters. The van der Waals surface area contributed by atoms with Gasteiger partial charge >= 0.3 is 6.43 Å². The Bertz CT molecular complexity index is 1020. The van der Waals surface area contributed by atoms with Gasteiger partial charge in [0.2, 0.25) is 5.82 Å². The molecule has 1 aliphatic rings. The number of nitrogens with zero attached hydrogens (tertiary/aromatic N) is 3. The molecule has 3 aromatic rings. The van der Waals surface area contributed by atoms with Crippen LogP contribution in [-0.2, 0) is 6.61 Å². The van der Waals surface area contributed by atoms with Gasteiger partial charge in [0.05, 0.1) is 12.6 Å². The van der Waals surface area contributed by atoms with E-state index in [1.165, 1.54) is 12.3 Å². The summed E-state index contributed by atoms with van der Waals surface area (Å²) < 4.78 is 35.3. The molecule has 0 radical (unpaired) electrons. The molecule has 8 nitrogen and oxygen atoms in total. The van der Waals surface area contributed by atoms with Crippen molar-refractivity contribution >= 4 is 5.91 Å². The van der Waals surface area contributed by atoms with Crippen LogP contribution in [0.25, 0.3) is 11.4 Å². The number of benzene rings is 1. The van der Waals surface area contributed by atoms with Gasteiger partial charge in [-0.1, -0.05) is 17.3 Å². The number of pyridine rings is 1. The highest BCUT2D eigenvalue weighted by Crippen LogP contribution is 2.35. The van der Waals surface area contributed by atoms with Crippen molar-refractivity contribution < 1.29 is 27.9 Å². The number of rotatable bonds is 5. The van der Waals surface area contributed by atoms with Crippen LogP contribution in [-0.4, -0.2) is 32.7 Å². The molecule has 1 atom stereocenters. The summed E-state index contributed by atoms with van der Waals surface area (Å²) in [7, 11) is 0. The van der Waals surface area contributed by atoms with Crippen LogP contribution in [0.15, 0.2) is 41.1 Å². The summed E-state index contributed by atoms with van der Waals surface area (Å²) in [6, 6.07) is 7.66. The van der Waals surface area contributed by atoms with Gasteiger partial charge in [0, 0.05) is 17.3 Å². The monoisotopic (exact) mass is 388 g/mol. The topological polar surface area (TPSA) is 110 Å². The maximum Gasteiger partial charge on any atom is 0.315 e. The molecule has 0 spiro atoms. The van der Waals surface area contributed by atoms with Crippen LogP contribution in [0.4, 0.5) is 8.78 Å². The second-order valence-electron chi connectivity index (χ2n) is 6.05. The van der Waals surface area contributed by atoms with E-state index in [4.69, 9.17) is 4.74 Å². The number of fused-ring (bicyclic) bond motifs is 1. The Hall–Kier alpha value is -3.40. The first kappa shape index (κ1) is 18.0. The fourth-order valence-corrected chi connectivity index (χ4v) is 2.84. The van der Waals surface area contributed by atoms with E-state index < -0.39 is 24.3 Å². The van der Waals surface area contributed by atoms with E-state index in [1.54, 1.807) is 24.3 Å². The SMILES string of the molecule is O=C(N[C@@H]1COc2cc(-c3noc(C(F)F)n3)ccc21)c1cc(CO)ccn1. The van der Waals surface area contributed by atoms with Gasteiger partial charge in [0.1, 0.15) is 18.1 Å². The molecule has 28 heavy (non-hydrogen) atoms. The first-order chi connectivity index (χ1) is 13.5. The van der Waals surface area contributed by atoms with Crippen LogP contribution in [0.1, 0.15) is 40.0 Å².